The van der Waals surface area contributed by atoms with Gasteiger partial charge in [0.2, 0.25) is 6.23 Å². The third kappa shape index (κ3) is 2.90. The molecule has 2 saturated heterocycles. The second-order valence-corrected chi connectivity index (χ2v) is 6.16. The van der Waals surface area contributed by atoms with E-state index >= 15 is 0 Å². The second-order valence-electron chi connectivity index (χ2n) is 6.16. The van der Waals surface area contributed by atoms with Crippen LogP contribution in [0.3, 0.4) is 0 Å². The minimum Gasteiger partial charge on any atom is -0.395 e. The highest BCUT2D eigenvalue weighted by molar-refractivity contribution is 5.23. The average Bonchev–Trinajstić information content (AvgIpc) is 3.06. The minimum absolute atomic E-state index is 0.0512. The largest absolute Gasteiger partial charge is 0.395 e. The van der Waals surface area contributed by atoms with Gasteiger partial charge in [-0.1, -0.05) is 0 Å². The third-order valence-corrected chi connectivity index (χ3v) is 4.61. The number of likely N-dealkylation sites (tertiary alicyclic amines) is 1. The highest BCUT2D eigenvalue weighted by Crippen LogP contribution is 2.42. The van der Waals surface area contributed by atoms with Gasteiger partial charge in [0.1, 0.15) is 18.0 Å². The molecule has 0 aromatic carbocycles. The molecule has 2 fully saturated rings. The smallest absolute Gasteiger partial charge is 0.351 e. The molecule has 2 aliphatic heterocycles. The molecular formula is C14H20F2N4O4. The lowest BCUT2D eigenvalue weighted by Gasteiger charge is -2.26. The van der Waals surface area contributed by atoms with Crippen LogP contribution in [0.5, 0.6) is 0 Å². The standard InChI is InChI=1S/C14H20F2N4O4/c15-14(16)11(22)9(6-19-4-1-2-8(19)7-21)24-12(14)20-5-3-10(17)18-13(20)23/h3,5,8-9,11-12,21-22H,1-2,4,6-7H2,(H2,17,18,23)/t8?,9-,11-,12-/m1/s1. The van der Waals surface area contributed by atoms with Gasteiger partial charge in [0.15, 0.2) is 0 Å². The first kappa shape index (κ1) is 17.2. The second kappa shape index (κ2) is 6.36. The Morgan fingerprint density at radius 2 is 2.25 bits per heavy atom. The van der Waals surface area contributed by atoms with Gasteiger partial charge < -0.3 is 20.7 Å². The van der Waals surface area contributed by atoms with E-state index in [2.05, 4.69) is 4.98 Å². The molecule has 3 rings (SSSR count). The number of nitrogens with zero attached hydrogens (tertiary/aromatic N) is 3. The number of aliphatic hydroxyl groups is 2. The Morgan fingerprint density at radius 1 is 1.50 bits per heavy atom. The summed E-state index contributed by atoms with van der Waals surface area (Å²) in [5.41, 5.74) is 4.38. The van der Waals surface area contributed by atoms with E-state index in [0.717, 1.165) is 19.0 Å². The molecule has 0 saturated carbocycles. The average molecular weight is 346 g/mol. The molecule has 0 bridgehead atoms. The Bertz CT molecular complexity index is 656. The molecule has 1 aromatic rings. The van der Waals surface area contributed by atoms with Crippen molar-refractivity contribution in [3.05, 3.63) is 22.7 Å². The monoisotopic (exact) mass is 346 g/mol. The van der Waals surface area contributed by atoms with E-state index < -0.39 is 30.0 Å². The Labute approximate surface area is 136 Å². The Hall–Kier alpha value is -1.62. The van der Waals surface area contributed by atoms with Crippen LogP contribution < -0.4 is 11.4 Å². The van der Waals surface area contributed by atoms with Crippen molar-refractivity contribution in [3.8, 4) is 0 Å². The fourth-order valence-corrected chi connectivity index (χ4v) is 3.30. The molecule has 2 aliphatic rings. The van der Waals surface area contributed by atoms with Crippen molar-refractivity contribution >= 4 is 5.82 Å². The molecule has 0 amide bonds. The fourth-order valence-electron chi connectivity index (χ4n) is 3.30. The van der Waals surface area contributed by atoms with E-state index in [0.29, 0.717) is 11.1 Å². The Balaban J connectivity index is 1.81. The molecule has 4 atom stereocenters. The van der Waals surface area contributed by atoms with Crippen LogP contribution in [0.25, 0.3) is 0 Å². The maximum Gasteiger partial charge on any atom is 0.351 e. The van der Waals surface area contributed by atoms with Crippen molar-refractivity contribution in [2.75, 3.05) is 25.4 Å². The quantitative estimate of drug-likeness (QED) is 0.652. The topological polar surface area (TPSA) is 114 Å². The summed E-state index contributed by atoms with van der Waals surface area (Å²) in [6.45, 7) is 0.608. The lowest BCUT2D eigenvalue weighted by molar-refractivity contribution is -0.140. The predicted molar refractivity (Wildman–Crippen MR) is 79.5 cm³/mol. The summed E-state index contributed by atoms with van der Waals surface area (Å²) in [4.78, 5) is 17.0. The van der Waals surface area contributed by atoms with E-state index in [1.807, 2.05) is 4.90 Å². The Kier molecular flexibility index (Phi) is 4.56. The number of alkyl halides is 2. The lowest BCUT2D eigenvalue weighted by atomic mass is 10.1. The molecule has 1 unspecified atom stereocenters. The predicted octanol–water partition coefficient (Wildman–Crippen LogP) is -0.824. The number of nitrogen functional groups attached to an aromatic ring is 1. The summed E-state index contributed by atoms with van der Waals surface area (Å²) < 4.78 is 34.8. The van der Waals surface area contributed by atoms with E-state index in [1.54, 1.807) is 0 Å². The molecule has 0 aliphatic carbocycles. The number of halogens is 2. The van der Waals surface area contributed by atoms with Gasteiger partial charge in [0.05, 0.1) is 6.61 Å². The zero-order valence-electron chi connectivity index (χ0n) is 12.9. The molecule has 0 spiro atoms. The molecule has 3 heterocycles. The minimum atomic E-state index is -3.65. The zero-order chi connectivity index (χ0) is 17.5. The van der Waals surface area contributed by atoms with Crippen molar-refractivity contribution in [3.63, 3.8) is 0 Å². The van der Waals surface area contributed by atoms with Crippen LogP contribution in [-0.4, -0.2) is 68.5 Å². The first-order valence-electron chi connectivity index (χ1n) is 7.75. The summed E-state index contributed by atoms with van der Waals surface area (Å²) >= 11 is 0. The third-order valence-electron chi connectivity index (χ3n) is 4.61. The van der Waals surface area contributed by atoms with E-state index in [4.69, 9.17) is 10.5 Å². The first-order chi connectivity index (χ1) is 11.3. The van der Waals surface area contributed by atoms with Crippen LogP contribution in [0.2, 0.25) is 0 Å². The summed E-state index contributed by atoms with van der Waals surface area (Å²) in [6.07, 6.45) is -2.51. The maximum absolute atomic E-state index is 14.4. The van der Waals surface area contributed by atoms with Gasteiger partial charge in [0, 0.05) is 18.8 Å². The highest BCUT2D eigenvalue weighted by Gasteiger charge is 2.60. The summed E-state index contributed by atoms with van der Waals surface area (Å²) in [7, 11) is 0. The number of hydrogen-bond acceptors (Lipinski definition) is 7. The van der Waals surface area contributed by atoms with Gasteiger partial charge in [-0.15, -0.1) is 0 Å². The number of aromatic nitrogens is 2. The van der Waals surface area contributed by atoms with Crippen LogP contribution in [0, 0.1) is 0 Å². The number of anilines is 1. The lowest BCUT2D eigenvalue weighted by Crippen LogP contribution is -2.45. The van der Waals surface area contributed by atoms with Crippen LogP contribution >= 0.6 is 0 Å². The maximum atomic E-state index is 14.4. The summed E-state index contributed by atoms with van der Waals surface area (Å²) in [6, 6.07) is 1.08. The van der Waals surface area contributed by atoms with Gasteiger partial charge >= 0.3 is 11.6 Å². The van der Waals surface area contributed by atoms with Crippen LogP contribution in [-0.2, 0) is 4.74 Å². The number of hydrogen-bond donors (Lipinski definition) is 3. The van der Waals surface area contributed by atoms with Gasteiger partial charge in [-0.25, -0.2) is 4.79 Å². The van der Waals surface area contributed by atoms with Crippen molar-refractivity contribution in [1.29, 1.82) is 0 Å². The highest BCUT2D eigenvalue weighted by atomic mass is 19.3. The Morgan fingerprint density at radius 3 is 2.92 bits per heavy atom. The van der Waals surface area contributed by atoms with E-state index in [9.17, 15) is 23.8 Å². The van der Waals surface area contributed by atoms with E-state index in [-0.39, 0.29) is 25.0 Å². The molecule has 134 valence electrons. The van der Waals surface area contributed by atoms with Crippen molar-refractivity contribution in [1.82, 2.24) is 14.5 Å². The number of rotatable bonds is 4. The van der Waals surface area contributed by atoms with Gasteiger partial charge in [-0.3, -0.25) is 9.47 Å². The molecule has 1 aromatic heterocycles. The number of ether oxygens (including phenoxy) is 1. The molecular weight excluding hydrogens is 326 g/mol. The van der Waals surface area contributed by atoms with E-state index in [1.165, 1.54) is 6.07 Å². The van der Waals surface area contributed by atoms with Crippen molar-refractivity contribution < 1.29 is 23.7 Å². The molecule has 8 nitrogen and oxygen atoms in total. The van der Waals surface area contributed by atoms with Crippen LogP contribution in [0.4, 0.5) is 14.6 Å². The summed E-state index contributed by atoms with van der Waals surface area (Å²) in [5.74, 6) is -3.74. The van der Waals surface area contributed by atoms with Crippen molar-refractivity contribution in [2.24, 2.45) is 0 Å². The normalized spacial score (nSPS) is 33.2. The van der Waals surface area contributed by atoms with Gasteiger partial charge in [-0.2, -0.15) is 13.8 Å². The number of nitrogens with two attached hydrogens (primary N) is 1. The zero-order valence-corrected chi connectivity index (χ0v) is 12.9. The molecule has 0 radical (unpaired) electrons. The van der Waals surface area contributed by atoms with Crippen LogP contribution in [0.15, 0.2) is 17.1 Å². The summed E-state index contributed by atoms with van der Waals surface area (Å²) in [5, 5.41) is 19.3. The molecule has 10 heteroatoms. The van der Waals surface area contributed by atoms with Gasteiger partial charge in [0.25, 0.3) is 0 Å². The van der Waals surface area contributed by atoms with Crippen molar-refractivity contribution in [2.45, 2.75) is 43.2 Å². The van der Waals surface area contributed by atoms with Crippen LogP contribution in [0.1, 0.15) is 19.1 Å². The van der Waals surface area contributed by atoms with Gasteiger partial charge in [-0.05, 0) is 25.5 Å². The first-order valence-corrected chi connectivity index (χ1v) is 7.75. The SMILES string of the molecule is Nc1ccn([C@@H]2O[C@H](CN3CCCC3CO)[C@@H](O)C2(F)F)c(=O)n1. The fraction of sp³-hybridized carbons (Fsp3) is 0.714. The molecule has 4 N–H and O–H groups in total. The number of aliphatic hydroxyl groups excluding tert-OH is 2. The molecule has 24 heavy (non-hydrogen) atoms.